The molecule has 0 spiro atoms. The van der Waals surface area contributed by atoms with Gasteiger partial charge in [-0.15, -0.1) is 0 Å². The molecular weight excluding hydrogens is 274 g/mol. The number of rotatable bonds is 4. The van der Waals surface area contributed by atoms with Crippen LogP contribution in [-0.2, 0) is 4.74 Å². The maximum Gasteiger partial charge on any atom is 0.0816 e. The zero-order valence-corrected chi connectivity index (χ0v) is 12.4. The molecule has 1 aliphatic heterocycles. The number of ether oxygens (including phenoxy) is 1. The van der Waals surface area contributed by atoms with Crippen LogP contribution in [0.4, 0.5) is 0 Å². The summed E-state index contributed by atoms with van der Waals surface area (Å²) < 4.78 is 5.82. The zero-order valence-electron chi connectivity index (χ0n) is 11.7. The fourth-order valence-electron chi connectivity index (χ4n) is 3.47. The molecule has 1 aromatic rings. The normalized spacial score (nSPS) is 28.3. The Labute approximate surface area is 125 Å². The van der Waals surface area contributed by atoms with Crippen LogP contribution in [0.2, 0.25) is 5.02 Å². The Morgan fingerprint density at radius 1 is 1.35 bits per heavy atom. The Balaban J connectivity index is 1.57. The van der Waals surface area contributed by atoms with E-state index < -0.39 is 6.10 Å². The van der Waals surface area contributed by atoms with Crippen LogP contribution in [0.1, 0.15) is 37.4 Å². The van der Waals surface area contributed by atoms with Crippen molar-refractivity contribution in [3.8, 4) is 0 Å². The molecule has 110 valence electrons. The molecule has 1 heterocycles. The smallest absolute Gasteiger partial charge is 0.0816 e. The van der Waals surface area contributed by atoms with Gasteiger partial charge in [0.25, 0.3) is 0 Å². The van der Waals surface area contributed by atoms with Crippen LogP contribution < -0.4 is 0 Å². The van der Waals surface area contributed by atoms with Crippen LogP contribution in [0.3, 0.4) is 0 Å². The minimum absolute atomic E-state index is 0.418. The summed E-state index contributed by atoms with van der Waals surface area (Å²) in [7, 11) is 0. The van der Waals surface area contributed by atoms with Crippen LogP contribution in [0.15, 0.2) is 24.3 Å². The van der Waals surface area contributed by atoms with Crippen molar-refractivity contribution in [3.05, 3.63) is 34.9 Å². The van der Waals surface area contributed by atoms with Crippen molar-refractivity contribution in [2.75, 3.05) is 19.7 Å². The molecule has 3 nitrogen and oxygen atoms in total. The number of aliphatic hydroxyl groups is 1. The highest BCUT2D eigenvalue weighted by molar-refractivity contribution is 6.31. The van der Waals surface area contributed by atoms with Gasteiger partial charge >= 0.3 is 0 Å². The fraction of sp³-hybridized carbons (Fsp3) is 0.625. The number of nitrogens with zero attached hydrogens (tertiary/aromatic N) is 1. The van der Waals surface area contributed by atoms with Gasteiger partial charge < -0.3 is 9.84 Å². The molecular formula is C16H22ClNO2. The van der Waals surface area contributed by atoms with Crippen LogP contribution in [0, 0.1) is 0 Å². The molecule has 3 unspecified atom stereocenters. The van der Waals surface area contributed by atoms with Crippen molar-refractivity contribution in [1.82, 2.24) is 4.90 Å². The first-order valence-corrected chi connectivity index (χ1v) is 7.91. The van der Waals surface area contributed by atoms with Crippen molar-refractivity contribution in [3.63, 3.8) is 0 Å². The van der Waals surface area contributed by atoms with Crippen LogP contribution >= 0.6 is 11.6 Å². The lowest BCUT2D eigenvalue weighted by Crippen LogP contribution is -2.48. The fourth-order valence-corrected chi connectivity index (χ4v) is 3.73. The second-order valence-corrected chi connectivity index (χ2v) is 6.18. The van der Waals surface area contributed by atoms with Crippen molar-refractivity contribution in [2.45, 2.75) is 43.9 Å². The molecule has 3 rings (SSSR count). The molecule has 1 saturated carbocycles. The van der Waals surface area contributed by atoms with Gasteiger partial charge in [-0.25, -0.2) is 0 Å². The second-order valence-electron chi connectivity index (χ2n) is 5.77. The number of benzene rings is 1. The van der Waals surface area contributed by atoms with E-state index in [9.17, 15) is 5.11 Å². The third kappa shape index (κ3) is 3.01. The number of fused-ring (bicyclic) bond motifs is 1. The van der Waals surface area contributed by atoms with E-state index in [4.69, 9.17) is 16.3 Å². The quantitative estimate of drug-likeness (QED) is 0.927. The lowest BCUT2D eigenvalue weighted by molar-refractivity contribution is -0.0587. The Morgan fingerprint density at radius 3 is 3.05 bits per heavy atom. The van der Waals surface area contributed by atoms with E-state index in [-0.39, 0.29) is 0 Å². The predicted octanol–water partition coefficient (Wildman–Crippen LogP) is 3.02. The molecule has 0 aromatic heterocycles. The highest BCUT2D eigenvalue weighted by atomic mass is 35.5. The van der Waals surface area contributed by atoms with Crippen molar-refractivity contribution >= 4 is 11.6 Å². The summed E-state index contributed by atoms with van der Waals surface area (Å²) in [6.07, 6.45) is 4.35. The predicted molar refractivity (Wildman–Crippen MR) is 80.0 cm³/mol. The topological polar surface area (TPSA) is 32.7 Å². The van der Waals surface area contributed by atoms with E-state index in [0.29, 0.717) is 17.2 Å². The third-order valence-corrected chi connectivity index (χ3v) is 4.90. The molecule has 1 aromatic carbocycles. The Hall–Kier alpha value is -0.610. The number of aliphatic hydroxyl groups excluding tert-OH is 1. The molecule has 4 heteroatoms. The molecule has 3 atom stereocenters. The summed E-state index contributed by atoms with van der Waals surface area (Å²) in [5, 5.41) is 11.0. The Bertz CT molecular complexity index is 454. The molecule has 2 aliphatic rings. The number of hydrogen-bond acceptors (Lipinski definition) is 3. The van der Waals surface area contributed by atoms with E-state index in [1.807, 2.05) is 24.3 Å². The highest BCUT2D eigenvalue weighted by Crippen LogP contribution is 2.31. The first-order valence-electron chi connectivity index (χ1n) is 7.54. The molecule has 1 N–H and O–H groups in total. The number of hydrogen-bond donors (Lipinski definition) is 1. The highest BCUT2D eigenvalue weighted by Gasteiger charge is 2.35. The lowest BCUT2D eigenvalue weighted by Gasteiger charge is -2.38. The SMILES string of the molecule is OC(CCN1CCOC2CCCC21)c1ccccc1Cl. The van der Waals surface area contributed by atoms with Crippen LogP contribution in [-0.4, -0.2) is 41.8 Å². The Kier molecular flexibility index (Phi) is 4.61. The zero-order chi connectivity index (χ0) is 13.9. The van der Waals surface area contributed by atoms with Gasteiger partial charge in [-0.05, 0) is 37.3 Å². The molecule has 20 heavy (non-hydrogen) atoms. The van der Waals surface area contributed by atoms with Gasteiger partial charge in [0.2, 0.25) is 0 Å². The summed E-state index contributed by atoms with van der Waals surface area (Å²) >= 11 is 6.14. The lowest BCUT2D eigenvalue weighted by atomic mass is 10.0. The van der Waals surface area contributed by atoms with Crippen molar-refractivity contribution in [1.29, 1.82) is 0 Å². The minimum atomic E-state index is -0.480. The van der Waals surface area contributed by atoms with Gasteiger partial charge in [-0.3, -0.25) is 4.90 Å². The minimum Gasteiger partial charge on any atom is -0.388 e. The summed E-state index contributed by atoms with van der Waals surface area (Å²) in [5.41, 5.74) is 0.838. The average molecular weight is 296 g/mol. The standard InChI is InChI=1S/C16H22ClNO2/c17-13-5-2-1-4-12(13)15(19)8-9-18-10-11-20-16-7-3-6-14(16)18/h1-2,4-5,14-16,19H,3,6-11H2. The summed E-state index contributed by atoms with van der Waals surface area (Å²) in [6.45, 7) is 2.72. The Morgan fingerprint density at radius 2 is 2.20 bits per heavy atom. The number of halogens is 1. The van der Waals surface area contributed by atoms with Crippen LogP contribution in [0.5, 0.6) is 0 Å². The van der Waals surface area contributed by atoms with Crippen LogP contribution in [0.25, 0.3) is 0 Å². The third-order valence-electron chi connectivity index (χ3n) is 4.55. The molecule has 1 saturated heterocycles. The summed E-state index contributed by atoms with van der Waals surface area (Å²) in [6, 6.07) is 8.12. The van der Waals surface area contributed by atoms with Gasteiger partial charge in [-0.1, -0.05) is 29.8 Å². The van der Waals surface area contributed by atoms with Gasteiger partial charge in [0.15, 0.2) is 0 Å². The number of morpholine rings is 1. The van der Waals surface area contributed by atoms with Crippen molar-refractivity contribution in [2.24, 2.45) is 0 Å². The molecule has 0 radical (unpaired) electrons. The average Bonchev–Trinajstić information content (AvgIpc) is 2.94. The van der Waals surface area contributed by atoms with E-state index >= 15 is 0 Å². The summed E-state index contributed by atoms with van der Waals surface area (Å²) in [5.74, 6) is 0. The molecule has 0 bridgehead atoms. The molecule has 1 aliphatic carbocycles. The second kappa shape index (κ2) is 6.44. The van der Waals surface area contributed by atoms with E-state index in [2.05, 4.69) is 4.90 Å². The maximum absolute atomic E-state index is 10.3. The largest absolute Gasteiger partial charge is 0.388 e. The van der Waals surface area contributed by atoms with E-state index in [1.165, 1.54) is 19.3 Å². The maximum atomic E-state index is 10.3. The monoisotopic (exact) mass is 295 g/mol. The first-order chi connectivity index (χ1) is 9.75. The molecule has 0 amide bonds. The van der Waals surface area contributed by atoms with Gasteiger partial charge in [0.1, 0.15) is 0 Å². The van der Waals surface area contributed by atoms with Gasteiger partial charge in [0.05, 0.1) is 18.8 Å². The van der Waals surface area contributed by atoms with Gasteiger partial charge in [-0.2, -0.15) is 0 Å². The van der Waals surface area contributed by atoms with E-state index in [1.54, 1.807) is 0 Å². The summed E-state index contributed by atoms with van der Waals surface area (Å²) in [4.78, 5) is 2.49. The van der Waals surface area contributed by atoms with Crippen molar-refractivity contribution < 1.29 is 9.84 Å². The first kappa shape index (κ1) is 14.3. The molecule has 2 fully saturated rings. The van der Waals surface area contributed by atoms with E-state index in [0.717, 1.165) is 31.7 Å². The van der Waals surface area contributed by atoms with Gasteiger partial charge in [0, 0.05) is 24.2 Å².